The molecule has 8 rings (SSSR count). The van der Waals surface area contributed by atoms with Gasteiger partial charge in [-0.15, -0.1) is 0 Å². The Labute approximate surface area is 284 Å². The zero-order chi connectivity index (χ0) is 35.0. The van der Waals surface area contributed by atoms with E-state index in [0.29, 0.717) is 35.0 Å². The van der Waals surface area contributed by atoms with Crippen LogP contribution in [0.2, 0.25) is 0 Å². The van der Waals surface area contributed by atoms with Crippen LogP contribution in [0.4, 0.5) is 23.4 Å². The third kappa shape index (κ3) is 5.47. The van der Waals surface area contributed by atoms with Crippen LogP contribution in [0.25, 0.3) is 38.4 Å². The molecule has 2 atom stereocenters. The van der Waals surface area contributed by atoms with E-state index in [-0.39, 0.29) is 92.2 Å². The molecule has 2 N–H and O–H groups in total. The fourth-order valence-corrected chi connectivity index (χ4v) is 7.40. The third-order valence-corrected chi connectivity index (χ3v) is 9.95. The van der Waals surface area contributed by atoms with Gasteiger partial charge in [-0.25, -0.2) is 22.1 Å². The minimum Gasteiger partial charge on any atom is -0.508 e. The number of aromatic nitrogens is 4. The molecule has 50 heavy (non-hydrogen) atoms. The summed E-state index contributed by atoms with van der Waals surface area (Å²) in [5.74, 6) is -4.31. The largest absolute Gasteiger partial charge is 0.508 e. The molecular weight excluding hydrogens is 660 g/mol. The molecule has 15 heteroatoms. The zero-order valence-corrected chi connectivity index (χ0v) is 27.6. The number of halogens is 4. The van der Waals surface area contributed by atoms with Gasteiger partial charge in [0.1, 0.15) is 40.8 Å². The number of fused-ring (bicyclic) bond motifs is 4. The molecule has 3 aromatic heterocycles. The van der Waals surface area contributed by atoms with Crippen LogP contribution in [-0.4, -0.2) is 106 Å². The monoisotopic (exact) mass is 696 g/mol. The van der Waals surface area contributed by atoms with E-state index in [1.165, 1.54) is 35.0 Å². The van der Waals surface area contributed by atoms with Crippen LogP contribution in [0.1, 0.15) is 25.8 Å². The standard InChI is InChI=1S/C35H36F4N6O5/c1-3-22-24(36)5-4-20-12-21(46)13-23(26(20)22)30-28(37)29-27(25-6-7-40-45(25)30)31(44-9-11-48-17-33(2,47)15-44)42-32(41-29)50-18-34(14-35(34,38)39)16-43-8-10-49-19-43/h4-7,12-13,46-47H,3,8-11,14-19H2,1-2H3. The number of rotatable bonds is 8. The van der Waals surface area contributed by atoms with Crippen molar-refractivity contribution in [2.24, 2.45) is 5.41 Å². The number of aliphatic hydroxyl groups is 1. The van der Waals surface area contributed by atoms with Crippen LogP contribution >= 0.6 is 0 Å². The number of benzene rings is 2. The summed E-state index contributed by atoms with van der Waals surface area (Å²) < 4.78 is 80.7. The Balaban J connectivity index is 1.34. The molecule has 2 aromatic carbocycles. The predicted octanol–water partition coefficient (Wildman–Crippen LogP) is 4.93. The van der Waals surface area contributed by atoms with Crippen molar-refractivity contribution in [1.29, 1.82) is 0 Å². The summed E-state index contributed by atoms with van der Waals surface area (Å²) >= 11 is 0. The molecule has 0 radical (unpaired) electrons. The summed E-state index contributed by atoms with van der Waals surface area (Å²) in [6.07, 6.45) is 1.37. The molecule has 2 unspecified atom stereocenters. The van der Waals surface area contributed by atoms with E-state index in [9.17, 15) is 19.0 Å². The van der Waals surface area contributed by atoms with Crippen LogP contribution < -0.4 is 9.64 Å². The highest BCUT2D eigenvalue weighted by Crippen LogP contribution is 2.61. The predicted molar refractivity (Wildman–Crippen MR) is 176 cm³/mol. The summed E-state index contributed by atoms with van der Waals surface area (Å²) in [5, 5.41) is 27.4. The summed E-state index contributed by atoms with van der Waals surface area (Å²) in [6.45, 7) is 4.81. The quantitative estimate of drug-likeness (QED) is 0.217. The lowest BCUT2D eigenvalue weighted by atomic mass is 9.94. The van der Waals surface area contributed by atoms with Crippen LogP contribution in [-0.2, 0) is 15.9 Å². The van der Waals surface area contributed by atoms with Gasteiger partial charge in [0.05, 0.1) is 55.6 Å². The lowest BCUT2D eigenvalue weighted by Crippen LogP contribution is -2.42. The lowest BCUT2D eigenvalue weighted by molar-refractivity contribution is -0.0123. The summed E-state index contributed by atoms with van der Waals surface area (Å²) in [5.41, 5.74) is -2.21. The molecule has 11 nitrogen and oxygen atoms in total. The number of aryl methyl sites for hydroxylation is 1. The number of alkyl halides is 2. The van der Waals surface area contributed by atoms with E-state index in [4.69, 9.17) is 14.2 Å². The van der Waals surface area contributed by atoms with Crippen LogP contribution in [0.15, 0.2) is 36.5 Å². The molecule has 1 saturated carbocycles. The van der Waals surface area contributed by atoms with Gasteiger partial charge in [-0.1, -0.05) is 13.0 Å². The number of hydrogen-bond donors (Lipinski definition) is 2. The molecule has 0 bridgehead atoms. The number of ether oxygens (including phenoxy) is 3. The number of aromatic hydroxyl groups is 1. The molecule has 5 heterocycles. The number of anilines is 1. The number of β-amino-alcohol motifs (C(OH)–C–C–N with tert-alkyl or cyclic N) is 1. The Kier molecular flexibility index (Phi) is 7.82. The van der Waals surface area contributed by atoms with Crippen LogP contribution in [0.3, 0.4) is 0 Å². The van der Waals surface area contributed by atoms with Crippen LogP contribution in [0, 0.1) is 17.0 Å². The number of phenolic OH excluding ortho intramolecular Hbond substituents is 1. The minimum atomic E-state index is -2.99. The van der Waals surface area contributed by atoms with Crippen LogP contribution in [0.5, 0.6) is 11.8 Å². The zero-order valence-electron chi connectivity index (χ0n) is 27.6. The van der Waals surface area contributed by atoms with Crippen molar-refractivity contribution in [3.63, 3.8) is 0 Å². The van der Waals surface area contributed by atoms with Gasteiger partial charge >= 0.3 is 6.01 Å². The van der Waals surface area contributed by atoms with E-state index in [1.54, 1.807) is 29.7 Å². The second-order valence-electron chi connectivity index (χ2n) is 13.8. The molecule has 2 aliphatic heterocycles. The first-order valence-electron chi connectivity index (χ1n) is 16.6. The Morgan fingerprint density at radius 3 is 2.58 bits per heavy atom. The molecule has 0 spiro atoms. The topological polar surface area (TPSA) is 118 Å². The molecular formula is C35H36F4N6O5. The molecule has 2 saturated heterocycles. The highest BCUT2D eigenvalue weighted by molar-refractivity contribution is 6.07. The fraction of sp³-hybridized carbons (Fsp3) is 0.457. The van der Waals surface area contributed by atoms with E-state index in [0.717, 1.165) is 0 Å². The smallest absolute Gasteiger partial charge is 0.319 e. The SMILES string of the molecule is CCc1c(F)ccc2cc(O)cc(-c3c(F)c4nc(OCC5(CN6CCOC6)CC5(F)F)nc(N5CCOCC(C)(O)C5)c4c4ccnn34)c12. The van der Waals surface area contributed by atoms with Crippen molar-refractivity contribution < 1.29 is 42.0 Å². The van der Waals surface area contributed by atoms with Gasteiger partial charge in [-0.2, -0.15) is 15.1 Å². The molecule has 3 aliphatic rings. The number of pyridine rings is 1. The molecule has 1 aliphatic carbocycles. The number of hydrogen-bond acceptors (Lipinski definition) is 10. The maximum Gasteiger partial charge on any atom is 0.319 e. The third-order valence-electron chi connectivity index (χ3n) is 9.95. The van der Waals surface area contributed by atoms with E-state index in [1.807, 2.05) is 0 Å². The maximum atomic E-state index is 17.4. The van der Waals surface area contributed by atoms with Gasteiger partial charge in [-0.3, -0.25) is 4.90 Å². The van der Waals surface area contributed by atoms with Gasteiger partial charge in [-0.05, 0) is 53.9 Å². The summed E-state index contributed by atoms with van der Waals surface area (Å²) in [6, 6.07) is 6.98. The Morgan fingerprint density at radius 1 is 1.04 bits per heavy atom. The Bertz CT molecular complexity index is 2140. The summed E-state index contributed by atoms with van der Waals surface area (Å²) in [7, 11) is 0. The van der Waals surface area contributed by atoms with Crippen molar-refractivity contribution in [1.82, 2.24) is 24.5 Å². The number of phenols is 1. The van der Waals surface area contributed by atoms with Crippen molar-refractivity contribution in [3.05, 3.63) is 53.7 Å². The first-order valence-corrected chi connectivity index (χ1v) is 16.6. The van der Waals surface area contributed by atoms with Gasteiger partial charge in [0.25, 0.3) is 5.92 Å². The first kappa shape index (κ1) is 32.9. The van der Waals surface area contributed by atoms with E-state index in [2.05, 4.69) is 15.1 Å². The Hall–Kier alpha value is -4.31. The highest BCUT2D eigenvalue weighted by atomic mass is 19.3. The average molecular weight is 697 g/mol. The second-order valence-corrected chi connectivity index (χ2v) is 13.8. The molecule has 0 amide bonds. The van der Waals surface area contributed by atoms with E-state index < -0.39 is 35.2 Å². The van der Waals surface area contributed by atoms with Crippen molar-refractivity contribution in [2.45, 2.75) is 38.2 Å². The molecule has 264 valence electrons. The first-order chi connectivity index (χ1) is 23.9. The lowest BCUT2D eigenvalue weighted by Gasteiger charge is -2.29. The van der Waals surface area contributed by atoms with Gasteiger partial charge in [0, 0.05) is 31.6 Å². The maximum absolute atomic E-state index is 17.4. The average Bonchev–Trinajstić information content (AvgIpc) is 3.45. The number of nitrogens with zero attached hydrogens (tertiary/aromatic N) is 6. The van der Waals surface area contributed by atoms with E-state index >= 15 is 8.78 Å². The van der Waals surface area contributed by atoms with Crippen molar-refractivity contribution in [3.8, 4) is 23.0 Å². The highest BCUT2D eigenvalue weighted by Gasteiger charge is 2.72. The van der Waals surface area contributed by atoms with Crippen molar-refractivity contribution >= 4 is 33.0 Å². The molecule has 5 aromatic rings. The Morgan fingerprint density at radius 2 is 1.84 bits per heavy atom. The van der Waals surface area contributed by atoms with Crippen molar-refractivity contribution in [2.75, 3.05) is 64.2 Å². The fourth-order valence-electron chi connectivity index (χ4n) is 7.40. The van der Waals surface area contributed by atoms with Gasteiger partial charge in [0.2, 0.25) is 0 Å². The van der Waals surface area contributed by atoms with Gasteiger partial charge < -0.3 is 29.3 Å². The minimum absolute atomic E-state index is 0.0443. The normalized spacial score (nSPS) is 24.0. The van der Waals surface area contributed by atoms with Gasteiger partial charge in [0.15, 0.2) is 5.82 Å². The summed E-state index contributed by atoms with van der Waals surface area (Å²) in [4.78, 5) is 12.7. The molecule has 3 fully saturated rings. The second kappa shape index (κ2) is 11.9.